The third kappa shape index (κ3) is 1.23. The topological polar surface area (TPSA) is 46.6 Å². The molecule has 4 heteroatoms. The summed E-state index contributed by atoms with van der Waals surface area (Å²) in [4.78, 5) is 24.5. The van der Waals surface area contributed by atoms with E-state index < -0.39 is 0 Å². The minimum atomic E-state index is -0.137. The quantitative estimate of drug-likeness (QED) is 0.669. The first kappa shape index (κ1) is 9.39. The van der Waals surface area contributed by atoms with Gasteiger partial charge in [-0.15, -0.1) is 0 Å². The molecule has 82 valence electrons. The lowest BCUT2D eigenvalue weighted by Gasteiger charge is -2.31. The third-order valence-electron chi connectivity index (χ3n) is 3.09. The molecule has 0 radical (unpaired) electrons. The van der Waals surface area contributed by atoms with Crippen LogP contribution in [0.2, 0.25) is 0 Å². The molecule has 1 aromatic rings. The van der Waals surface area contributed by atoms with Crippen molar-refractivity contribution in [3.05, 3.63) is 29.3 Å². The summed E-state index contributed by atoms with van der Waals surface area (Å²) in [5, 5.41) is 0. The predicted octanol–water partition coefficient (Wildman–Crippen LogP) is 1.45. The fraction of sp³-hybridized carbons (Fsp3) is 0.333. The van der Waals surface area contributed by atoms with Crippen LogP contribution in [0, 0.1) is 0 Å². The average Bonchev–Trinajstić information content (AvgIpc) is 2.77. The van der Waals surface area contributed by atoms with Crippen molar-refractivity contribution in [3.8, 4) is 5.75 Å². The van der Waals surface area contributed by atoms with Crippen LogP contribution in [0.4, 0.5) is 0 Å². The number of aldehydes is 1. The number of amides is 1. The van der Waals surface area contributed by atoms with E-state index in [1.54, 1.807) is 23.1 Å². The normalized spacial score (nSPS) is 22.4. The van der Waals surface area contributed by atoms with E-state index in [0.717, 1.165) is 25.7 Å². The van der Waals surface area contributed by atoms with E-state index in [9.17, 15) is 9.59 Å². The van der Waals surface area contributed by atoms with E-state index >= 15 is 0 Å². The molecule has 0 saturated carbocycles. The molecule has 0 bridgehead atoms. The molecule has 1 saturated heterocycles. The van der Waals surface area contributed by atoms with Gasteiger partial charge in [-0.1, -0.05) is 6.07 Å². The molecule has 0 aliphatic carbocycles. The lowest BCUT2D eigenvalue weighted by molar-refractivity contribution is 0.0293. The van der Waals surface area contributed by atoms with Crippen LogP contribution in [0.25, 0.3) is 0 Å². The van der Waals surface area contributed by atoms with Gasteiger partial charge in [0.1, 0.15) is 12.0 Å². The number of rotatable bonds is 1. The molecule has 1 unspecified atom stereocenters. The summed E-state index contributed by atoms with van der Waals surface area (Å²) in [7, 11) is 0. The Morgan fingerprint density at radius 2 is 2.31 bits per heavy atom. The van der Waals surface area contributed by atoms with E-state index in [0.29, 0.717) is 16.9 Å². The van der Waals surface area contributed by atoms with Gasteiger partial charge >= 0.3 is 0 Å². The van der Waals surface area contributed by atoms with Crippen molar-refractivity contribution < 1.29 is 14.3 Å². The van der Waals surface area contributed by atoms with Crippen LogP contribution in [-0.2, 0) is 0 Å². The number of carbonyl (C=O) groups excluding carboxylic acids is 2. The first-order chi connectivity index (χ1) is 7.79. The van der Waals surface area contributed by atoms with Crippen molar-refractivity contribution in [2.75, 3.05) is 6.54 Å². The lowest BCUT2D eigenvalue weighted by atomic mass is 10.1. The molecule has 3 rings (SSSR count). The molecule has 1 aromatic carbocycles. The van der Waals surface area contributed by atoms with Crippen LogP contribution in [0.1, 0.15) is 33.6 Å². The van der Waals surface area contributed by atoms with Crippen LogP contribution < -0.4 is 4.74 Å². The van der Waals surface area contributed by atoms with Crippen molar-refractivity contribution >= 4 is 12.2 Å². The number of hydrogen-bond donors (Lipinski definition) is 0. The van der Waals surface area contributed by atoms with Gasteiger partial charge in [0.05, 0.1) is 5.56 Å². The standard InChI is InChI=1S/C12H11NO3/c14-7-8-3-4-9-10(6-8)16-11-2-1-5-13(11)12(9)15/h3-4,6-7,11H,1-2,5H2. The monoisotopic (exact) mass is 217 g/mol. The first-order valence-corrected chi connectivity index (χ1v) is 5.36. The SMILES string of the molecule is O=Cc1ccc2c(c1)OC1CCCN1C2=O. The van der Waals surface area contributed by atoms with Crippen molar-refractivity contribution in [2.45, 2.75) is 19.1 Å². The summed E-state index contributed by atoms with van der Waals surface area (Å²) in [6.07, 6.45) is 2.47. The molecule has 0 N–H and O–H groups in total. The van der Waals surface area contributed by atoms with Crippen LogP contribution in [-0.4, -0.2) is 29.9 Å². The first-order valence-electron chi connectivity index (χ1n) is 5.36. The summed E-state index contributed by atoms with van der Waals surface area (Å²) in [5.74, 6) is 0.555. The molecule has 0 spiro atoms. The van der Waals surface area contributed by atoms with Crippen molar-refractivity contribution in [2.24, 2.45) is 0 Å². The number of hydrogen-bond acceptors (Lipinski definition) is 3. The fourth-order valence-electron chi connectivity index (χ4n) is 2.28. The molecule has 1 atom stereocenters. The van der Waals surface area contributed by atoms with Gasteiger partial charge in [-0.3, -0.25) is 9.59 Å². The number of benzene rings is 1. The molecule has 1 fully saturated rings. The Morgan fingerprint density at radius 3 is 3.12 bits per heavy atom. The molecule has 0 aromatic heterocycles. The number of ether oxygens (including phenoxy) is 1. The highest BCUT2D eigenvalue weighted by molar-refractivity contribution is 5.99. The van der Waals surface area contributed by atoms with Gasteiger partial charge in [0.25, 0.3) is 5.91 Å². The van der Waals surface area contributed by atoms with Gasteiger partial charge in [0, 0.05) is 18.5 Å². The van der Waals surface area contributed by atoms with E-state index in [1.165, 1.54) is 0 Å². The maximum Gasteiger partial charge on any atom is 0.260 e. The van der Waals surface area contributed by atoms with Crippen molar-refractivity contribution in [1.82, 2.24) is 4.90 Å². The Balaban J connectivity index is 2.07. The zero-order valence-electron chi connectivity index (χ0n) is 8.68. The molecular formula is C12H11NO3. The highest BCUT2D eigenvalue weighted by Crippen LogP contribution is 2.33. The van der Waals surface area contributed by atoms with Gasteiger partial charge in [0.15, 0.2) is 6.23 Å². The molecule has 2 heterocycles. The van der Waals surface area contributed by atoms with Gasteiger partial charge in [-0.05, 0) is 18.6 Å². The Morgan fingerprint density at radius 1 is 1.44 bits per heavy atom. The second-order valence-corrected chi connectivity index (χ2v) is 4.09. The van der Waals surface area contributed by atoms with Crippen molar-refractivity contribution in [3.63, 3.8) is 0 Å². The zero-order valence-corrected chi connectivity index (χ0v) is 8.68. The fourth-order valence-corrected chi connectivity index (χ4v) is 2.28. The Bertz CT molecular complexity index is 469. The maximum atomic E-state index is 12.1. The molecule has 2 aliphatic heterocycles. The van der Waals surface area contributed by atoms with Crippen LogP contribution >= 0.6 is 0 Å². The molecule has 2 aliphatic rings. The van der Waals surface area contributed by atoms with Gasteiger partial charge in [-0.25, -0.2) is 0 Å². The van der Waals surface area contributed by atoms with E-state index in [1.807, 2.05) is 0 Å². The van der Waals surface area contributed by atoms with Gasteiger partial charge in [-0.2, -0.15) is 0 Å². The average molecular weight is 217 g/mol. The summed E-state index contributed by atoms with van der Waals surface area (Å²) in [5.41, 5.74) is 1.10. The minimum Gasteiger partial charge on any atom is -0.470 e. The summed E-state index contributed by atoms with van der Waals surface area (Å²) in [6, 6.07) is 4.94. The Kier molecular flexibility index (Phi) is 1.96. The van der Waals surface area contributed by atoms with E-state index in [2.05, 4.69) is 0 Å². The second kappa shape index (κ2) is 3.33. The second-order valence-electron chi connectivity index (χ2n) is 4.09. The van der Waals surface area contributed by atoms with Crippen LogP contribution in [0.15, 0.2) is 18.2 Å². The smallest absolute Gasteiger partial charge is 0.260 e. The van der Waals surface area contributed by atoms with E-state index in [4.69, 9.17) is 4.74 Å². The van der Waals surface area contributed by atoms with Crippen LogP contribution in [0.3, 0.4) is 0 Å². The number of fused-ring (bicyclic) bond motifs is 2. The van der Waals surface area contributed by atoms with E-state index in [-0.39, 0.29) is 12.1 Å². The maximum absolute atomic E-state index is 12.1. The van der Waals surface area contributed by atoms with Gasteiger partial charge in [0.2, 0.25) is 0 Å². The molecule has 4 nitrogen and oxygen atoms in total. The molecule has 1 amide bonds. The van der Waals surface area contributed by atoms with Crippen molar-refractivity contribution in [1.29, 1.82) is 0 Å². The Labute approximate surface area is 92.8 Å². The lowest BCUT2D eigenvalue weighted by Crippen LogP contribution is -2.42. The largest absolute Gasteiger partial charge is 0.470 e. The predicted molar refractivity (Wildman–Crippen MR) is 56.5 cm³/mol. The highest BCUT2D eigenvalue weighted by atomic mass is 16.5. The Hall–Kier alpha value is -1.84. The zero-order chi connectivity index (χ0) is 11.1. The third-order valence-corrected chi connectivity index (χ3v) is 3.09. The molecule has 16 heavy (non-hydrogen) atoms. The summed E-state index contributed by atoms with van der Waals surface area (Å²) in [6.45, 7) is 0.762. The minimum absolute atomic E-state index is 0.0150. The number of nitrogens with zero attached hydrogens (tertiary/aromatic N) is 1. The molecular weight excluding hydrogens is 206 g/mol. The number of carbonyl (C=O) groups is 2. The van der Waals surface area contributed by atoms with Crippen LogP contribution in [0.5, 0.6) is 5.75 Å². The highest BCUT2D eigenvalue weighted by Gasteiger charge is 2.36. The van der Waals surface area contributed by atoms with Gasteiger partial charge < -0.3 is 9.64 Å². The summed E-state index contributed by atoms with van der Waals surface area (Å²) < 4.78 is 5.71. The summed E-state index contributed by atoms with van der Waals surface area (Å²) >= 11 is 0.